The summed E-state index contributed by atoms with van der Waals surface area (Å²) >= 11 is 0. The van der Waals surface area contributed by atoms with Gasteiger partial charge < -0.3 is 21.1 Å². The molecule has 0 saturated heterocycles. The van der Waals surface area contributed by atoms with Gasteiger partial charge in [0.15, 0.2) is 0 Å². The number of hydrogen-bond acceptors (Lipinski definition) is 5. The number of nitrogen functional groups attached to an aromatic ring is 1. The van der Waals surface area contributed by atoms with Crippen molar-refractivity contribution < 1.29 is 15.3 Å². The van der Waals surface area contributed by atoms with Crippen LogP contribution >= 0.6 is 0 Å². The average molecular weight is 252 g/mol. The number of nitrogens with zero attached hydrogens (tertiary/aromatic N) is 3. The molecule has 18 heavy (non-hydrogen) atoms. The number of aliphatic hydroxyl groups is 3. The first-order chi connectivity index (χ1) is 8.60. The fraction of sp³-hybridized carbons (Fsp3) is 0.455. The zero-order valence-electron chi connectivity index (χ0n) is 9.77. The van der Waals surface area contributed by atoms with E-state index in [-0.39, 0.29) is 19.6 Å². The van der Waals surface area contributed by atoms with E-state index in [2.05, 4.69) is 10.0 Å². The van der Waals surface area contributed by atoms with Crippen LogP contribution in [-0.2, 0) is 6.61 Å². The third-order valence-corrected chi connectivity index (χ3v) is 2.63. The molecule has 0 radical (unpaired) electrons. The summed E-state index contributed by atoms with van der Waals surface area (Å²) in [7, 11) is 0. The Kier molecular flexibility index (Phi) is 5.41. The molecule has 0 amide bonds. The first-order valence-corrected chi connectivity index (χ1v) is 5.46. The van der Waals surface area contributed by atoms with Crippen LogP contribution in [-0.4, -0.2) is 28.0 Å². The van der Waals surface area contributed by atoms with Crippen molar-refractivity contribution in [3.8, 4) is 0 Å². The molecule has 0 bridgehead atoms. The Labute approximate surface area is 104 Å². The maximum Gasteiger partial charge on any atom is 0.105 e. The molecule has 0 saturated carbocycles. The highest BCUT2D eigenvalue weighted by molar-refractivity contribution is 5.48. The van der Waals surface area contributed by atoms with Gasteiger partial charge in [0, 0.05) is 22.7 Å². The van der Waals surface area contributed by atoms with E-state index in [0.29, 0.717) is 16.8 Å². The highest BCUT2D eigenvalue weighted by Gasteiger charge is 2.18. The van der Waals surface area contributed by atoms with Crippen molar-refractivity contribution in [3.63, 3.8) is 0 Å². The van der Waals surface area contributed by atoms with Crippen LogP contribution in [0.1, 0.15) is 23.7 Å². The first kappa shape index (κ1) is 14.3. The largest absolute Gasteiger partial charge is 0.398 e. The molecule has 7 heteroatoms. The molecule has 2 atom stereocenters. The van der Waals surface area contributed by atoms with Crippen LogP contribution in [0, 0.1) is 0 Å². The quantitative estimate of drug-likeness (QED) is 0.258. The van der Waals surface area contributed by atoms with E-state index in [4.69, 9.17) is 16.4 Å². The van der Waals surface area contributed by atoms with Crippen LogP contribution in [0.25, 0.3) is 10.4 Å². The normalized spacial score (nSPS) is 13.7. The molecule has 1 aromatic carbocycles. The summed E-state index contributed by atoms with van der Waals surface area (Å²) in [5.41, 5.74) is 15.1. The lowest BCUT2D eigenvalue weighted by atomic mass is 9.99. The molecule has 0 aromatic heterocycles. The summed E-state index contributed by atoms with van der Waals surface area (Å²) in [5, 5.41) is 31.9. The Hall–Kier alpha value is -1.79. The fourth-order valence-electron chi connectivity index (χ4n) is 1.56. The maximum atomic E-state index is 9.89. The van der Waals surface area contributed by atoms with Crippen molar-refractivity contribution in [1.82, 2.24) is 0 Å². The molecule has 0 fully saturated rings. The van der Waals surface area contributed by atoms with Crippen LogP contribution in [0.2, 0.25) is 0 Å². The average Bonchev–Trinajstić information content (AvgIpc) is 2.38. The molecule has 5 N–H and O–H groups in total. The smallest absolute Gasteiger partial charge is 0.105 e. The predicted octanol–water partition coefficient (Wildman–Crippen LogP) is 0.856. The fourth-order valence-corrected chi connectivity index (χ4v) is 1.56. The van der Waals surface area contributed by atoms with Crippen LogP contribution in [0.15, 0.2) is 23.3 Å². The summed E-state index contributed by atoms with van der Waals surface area (Å²) in [6, 6.07) is 4.68. The van der Waals surface area contributed by atoms with Crippen molar-refractivity contribution in [3.05, 3.63) is 39.8 Å². The number of hydrogen-bond donors (Lipinski definition) is 4. The summed E-state index contributed by atoms with van der Waals surface area (Å²) in [5.74, 6) is 0. The van der Waals surface area contributed by atoms with E-state index < -0.39 is 12.2 Å². The van der Waals surface area contributed by atoms with Crippen LogP contribution in [0.4, 0.5) is 5.69 Å². The zero-order valence-corrected chi connectivity index (χ0v) is 9.77. The van der Waals surface area contributed by atoms with E-state index in [1.54, 1.807) is 12.1 Å². The van der Waals surface area contributed by atoms with Crippen molar-refractivity contribution in [2.45, 2.75) is 25.2 Å². The van der Waals surface area contributed by atoms with Crippen molar-refractivity contribution in [1.29, 1.82) is 0 Å². The van der Waals surface area contributed by atoms with Gasteiger partial charge in [-0.2, -0.15) is 0 Å². The zero-order chi connectivity index (χ0) is 13.5. The highest BCUT2D eigenvalue weighted by atomic mass is 16.3. The summed E-state index contributed by atoms with van der Waals surface area (Å²) in [6.45, 7) is -0.127. The second-order valence-corrected chi connectivity index (χ2v) is 3.87. The molecular weight excluding hydrogens is 236 g/mol. The van der Waals surface area contributed by atoms with E-state index in [0.717, 1.165) is 0 Å². The van der Waals surface area contributed by atoms with Crippen LogP contribution < -0.4 is 5.73 Å². The standard InChI is InChI=1S/C11H16N4O3/c12-9-2-1-7(5-8(9)6-16)11(18)10(17)3-4-14-15-13/h1-2,5,10-11,16-18H,3-4,6,12H2. The third kappa shape index (κ3) is 3.61. The molecule has 0 aliphatic carbocycles. The minimum Gasteiger partial charge on any atom is -0.398 e. The van der Waals surface area contributed by atoms with Crippen molar-refractivity contribution >= 4 is 5.69 Å². The number of rotatable bonds is 6. The Balaban J connectivity index is 2.76. The SMILES string of the molecule is [N-]=[N+]=NCCC(O)C(O)c1ccc(N)c(CO)c1. The monoisotopic (exact) mass is 252 g/mol. The first-order valence-electron chi connectivity index (χ1n) is 5.46. The molecule has 2 unspecified atom stereocenters. The summed E-state index contributed by atoms with van der Waals surface area (Å²) in [6.07, 6.45) is -1.99. The molecule has 0 spiro atoms. The summed E-state index contributed by atoms with van der Waals surface area (Å²) in [4.78, 5) is 2.56. The van der Waals surface area contributed by atoms with Crippen molar-refractivity contribution in [2.75, 3.05) is 12.3 Å². The van der Waals surface area contributed by atoms with E-state index in [9.17, 15) is 10.2 Å². The number of azide groups is 1. The topological polar surface area (TPSA) is 135 Å². The molecule has 0 aliphatic heterocycles. The summed E-state index contributed by atoms with van der Waals surface area (Å²) < 4.78 is 0. The number of benzene rings is 1. The van der Waals surface area contributed by atoms with Gasteiger partial charge in [0.2, 0.25) is 0 Å². The molecule has 0 heterocycles. The molecule has 98 valence electrons. The van der Waals surface area contributed by atoms with Gasteiger partial charge in [0.1, 0.15) is 6.10 Å². The molecular formula is C11H16N4O3. The molecule has 7 nitrogen and oxygen atoms in total. The van der Waals surface area contributed by atoms with Gasteiger partial charge in [-0.25, -0.2) is 0 Å². The minimum absolute atomic E-state index is 0.108. The van der Waals surface area contributed by atoms with E-state index in [1.165, 1.54) is 6.07 Å². The predicted molar refractivity (Wildman–Crippen MR) is 66.4 cm³/mol. The Morgan fingerprint density at radius 3 is 2.72 bits per heavy atom. The Bertz CT molecular complexity index is 446. The van der Waals surface area contributed by atoms with Crippen LogP contribution in [0.3, 0.4) is 0 Å². The molecule has 0 aliphatic rings. The van der Waals surface area contributed by atoms with Crippen molar-refractivity contribution in [2.24, 2.45) is 5.11 Å². The molecule has 1 aromatic rings. The van der Waals surface area contributed by atoms with Gasteiger partial charge in [0.05, 0.1) is 12.7 Å². The van der Waals surface area contributed by atoms with Gasteiger partial charge in [-0.05, 0) is 29.6 Å². The highest BCUT2D eigenvalue weighted by Crippen LogP contribution is 2.23. The van der Waals surface area contributed by atoms with Gasteiger partial charge in [-0.15, -0.1) is 0 Å². The lowest BCUT2D eigenvalue weighted by Crippen LogP contribution is -2.19. The van der Waals surface area contributed by atoms with E-state index in [1.807, 2.05) is 0 Å². The number of aliphatic hydroxyl groups excluding tert-OH is 3. The minimum atomic E-state index is -1.11. The number of anilines is 1. The lowest BCUT2D eigenvalue weighted by Gasteiger charge is -2.18. The molecule has 1 rings (SSSR count). The second kappa shape index (κ2) is 6.83. The lowest BCUT2D eigenvalue weighted by molar-refractivity contribution is 0.0149. The van der Waals surface area contributed by atoms with Gasteiger partial charge in [0.25, 0.3) is 0 Å². The van der Waals surface area contributed by atoms with Gasteiger partial charge in [-0.1, -0.05) is 11.2 Å². The number of nitrogens with two attached hydrogens (primary N) is 1. The van der Waals surface area contributed by atoms with E-state index >= 15 is 0 Å². The van der Waals surface area contributed by atoms with Gasteiger partial charge in [-0.3, -0.25) is 0 Å². The third-order valence-electron chi connectivity index (χ3n) is 2.63. The second-order valence-electron chi connectivity index (χ2n) is 3.87. The van der Waals surface area contributed by atoms with Crippen LogP contribution in [0.5, 0.6) is 0 Å². The Morgan fingerprint density at radius 2 is 2.11 bits per heavy atom. The Morgan fingerprint density at radius 1 is 1.39 bits per heavy atom. The maximum absolute atomic E-state index is 9.89. The van der Waals surface area contributed by atoms with Gasteiger partial charge >= 0.3 is 0 Å².